The molecule has 36 heavy (non-hydrogen) atoms. The Labute approximate surface area is 213 Å². The number of thioether (sulfide) groups is 1. The van der Waals surface area contributed by atoms with Gasteiger partial charge in [0.05, 0.1) is 22.1 Å². The van der Waals surface area contributed by atoms with E-state index in [9.17, 15) is 14.9 Å². The number of carbonyl (C=O) groups excluding carboxylic acids is 1. The van der Waals surface area contributed by atoms with Gasteiger partial charge in [0.15, 0.2) is 0 Å². The van der Waals surface area contributed by atoms with Crippen LogP contribution in [0.25, 0.3) is 5.57 Å². The molecule has 1 aromatic heterocycles. The first-order valence-electron chi connectivity index (χ1n) is 12.0. The molecule has 11 heteroatoms. The molecule has 0 amide bonds. The largest absolute Gasteiger partial charge is 0.513 e. The first-order valence-corrected chi connectivity index (χ1v) is 12.9. The normalized spacial score (nSPS) is 18.9. The number of nitrogens with one attached hydrogen (secondary N) is 1. The van der Waals surface area contributed by atoms with Crippen LogP contribution in [0.4, 0.5) is 10.5 Å². The number of allylic oxidation sites excluding steroid dienone is 3. The van der Waals surface area contributed by atoms with E-state index in [-0.39, 0.29) is 28.7 Å². The lowest BCUT2D eigenvalue weighted by molar-refractivity contribution is -0.384. The van der Waals surface area contributed by atoms with Crippen molar-refractivity contribution >= 4 is 29.2 Å². The molecule has 1 N–H and O–H groups in total. The van der Waals surface area contributed by atoms with Gasteiger partial charge in [-0.15, -0.1) is 10.2 Å². The predicted molar refractivity (Wildman–Crippen MR) is 134 cm³/mol. The third-order valence-electron chi connectivity index (χ3n) is 6.10. The number of hydrogen-bond acceptors (Lipinski definition) is 10. The topological polar surface area (TPSA) is 130 Å². The minimum Gasteiger partial charge on any atom is -0.431 e. The van der Waals surface area contributed by atoms with Crippen LogP contribution in [0.5, 0.6) is 0 Å². The first-order chi connectivity index (χ1) is 17.2. The van der Waals surface area contributed by atoms with E-state index in [1.807, 2.05) is 20.8 Å². The van der Waals surface area contributed by atoms with Crippen LogP contribution in [0.3, 0.4) is 0 Å². The van der Waals surface area contributed by atoms with Crippen molar-refractivity contribution < 1.29 is 23.6 Å². The van der Waals surface area contributed by atoms with Gasteiger partial charge in [-0.1, -0.05) is 44.2 Å². The van der Waals surface area contributed by atoms with Crippen LogP contribution in [-0.4, -0.2) is 32.6 Å². The summed E-state index contributed by atoms with van der Waals surface area (Å²) in [6, 6.07) is 6.23. The number of nitro groups is 1. The third-order valence-corrected chi connectivity index (χ3v) is 6.93. The van der Waals surface area contributed by atoms with Crippen molar-refractivity contribution in [3.05, 3.63) is 63.0 Å². The average molecular weight is 515 g/mol. The van der Waals surface area contributed by atoms with Gasteiger partial charge in [0, 0.05) is 23.1 Å². The summed E-state index contributed by atoms with van der Waals surface area (Å²) in [4.78, 5) is 23.9. The van der Waals surface area contributed by atoms with E-state index in [1.165, 1.54) is 23.9 Å². The fraction of sp³-hybridized carbons (Fsp3) is 0.480. The number of non-ortho nitro benzene ring substituents is 1. The highest BCUT2D eigenvalue weighted by Crippen LogP contribution is 2.44. The van der Waals surface area contributed by atoms with E-state index in [0.717, 1.165) is 32.1 Å². The number of hydrogen-bond donors (Lipinski definition) is 1. The molecule has 192 valence electrons. The lowest BCUT2D eigenvalue weighted by Crippen LogP contribution is -2.28. The second kappa shape index (κ2) is 11.2. The zero-order valence-electron chi connectivity index (χ0n) is 20.8. The van der Waals surface area contributed by atoms with Crippen LogP contribution in [-0.2, 0) is 9.47 Å². The maximum atomic E-state index is 12.8. The molecule has 1 atom stereocenters. The summed E-state index contributed by atoms with van der Waals surface area (Å²) < 4.78 is 17.4. The van der Waals surface area contributed by atoms with E-state index in [2.05, 4.69) is 15.5 Å². The van der Waals surface area contributed by atoms with Gasteiger partial charge in [0.2, 0.25) is 5.89 Å². The predicted octanol–water partition coefficient (Wildman–Crippen LogP) is 6.31. The van der Waals surface area contributed by atoms with Gasteiger partial charge >= 0.3 is 6.16 Å². The molecule has 4 rings (SSSR count). The average Bonchev–Trinajstić information content (AvgIpc) is 3.28. The Balaban J connectivity index is 1.72. The summed E-state index contributed by atoms with van der Waals surface area (Å²) in [5.74, 6) is -0.190. The molecular formula is C25H30N4O6S. The fourth-order valence-electron chi connectivity index (χ4n) is 4.53. The number of rotatable bonds is 7. The van der Waals surface area contributed by atoms with Crippen molar-refractivity contribution in [3.8, 4) is 0 Å². The van der Waals surface area contributed by atoms with Gasteiger partial charge in [-0.05, 0) is 45.1 Å². The molecule has 2 aliphatic rings. The van der Waals surface area contributed by atoms with Gasteiger partial charge in [0.1, 0.15) is 11.9 Å². The second-order valence-electron chi connectivity index (χ2n) is 9.21. The second-order valence-corrected chi connectivity index (χ2v) is 10.7. The summed E-state index contributed by atoms with van der Waals surface area (Å²) >= 11 is 1.43. The molecule has 1 aromatic carbocycles. The number of aromatic nitrogens is 2. The maximum Gasteiger partial charge on any atom is 0.513 e. The van der Waals surface area contributed by atoms with Crippen molar-refractivity contribution in [2.24, 2.45) is 0 Å². The van der Waals surface area contributed by atoms with Crippen molar-refractivity contribution in [1.29, 1.82) is 0 Å². The molecule has 0 bridgehead atoms. The number of nitrogens with zero attached hydrogens (tertiary/aromatic N) is 3. The molecule has 2 aromatic rings. The van der Waals surface area contributed by atoms with Crippen LogP contribution < -0.4 is 5.32 Å². The van der Waals surface area contributed by atoms with Crippen LogP contribution in [0.2, 0.25) is 0 Å². The van der Waals surface area contributed by atoms with Crippen molar-refractivity contribution in [2.75, 3.05) is 0 Å². The van der Waals surface area contributed by atoms with Gasteiger partial charge in [-0.25, -0.2) is 4.79 Å². The SMILES string of the molecule is CC1=C(OC(=O)OC2CCCCC2)C(c2cccc([N+](=O)[O-])c2)C(c2nnc(SC(C)C)o2)=C(C)N1. The lowest BCUT2D eigenvalue weighted by atomic mass is 9.85. The quantitative estimate of drug-likeness (QED) is 0.194. The van der Waals surface area contributed by atoms with E-state index >= 15 is 0 Å². The van der Waals surface area contributed by atoms with E-state index in [1.54, 1.807) is 19.1 Å². The highest BCUT2D eigenvalue weighted by molar-refractivity contribution is 7.99. The molecule has 1 aliphatic heterocycles. The number of dihydropyridines is 1. The highest BCUT2D eigenvalue weighted by atomic mass is 32.2. The fourth-order valence-corrected chi connectivity index (χ4v) is 5.15. The molecule has 0 radical (unpaired) electrons. The minimum absolute atomic E-state index is 0.0774. The Bertz CT molecular complexity index is 1200. The van der Waals surface area contributed by atoms with Crippen LogP contribution >= 0.6 is 11.8 Å². The van der Waals surface area contributed by atoms with Gasteiger partial charge < -0.3 is 19.2 Å². The summed E-state index contributed by atoms with van der Waals surface area (Å²) in [6.45, 7) is 7.66. The van der Waals surface area contributed by atoms with Gasteiger partial charge in [0.25, 0.3) is 10.9 Å². The number of benzene rings is 1. The Morgan fingerprint density at radius 2 is 1.94 bits per heavy atom. The monoisotopic (exact) mass is 514 g/mol. The third kappa shape index (κ3) is 5.89. The van der Waals surface area contributed by atoms with Crippen LogP contribution in [0, 0.1) is 10.1 Å². The zero-order valence-corrected chi connectivity index (χ0v) is 21.6. The maximum absolute atomic E-state index is 12.8. The molecule has 0 saturated heterocycles. The number of carbonyl (C=O) groups is 1. The Hall–Kier alpha value is -3.34. The molecule has 1 aliphatic carbocycles. The van der Waals surface area contributed by atoms with Crippen LogP contribution in [0.15, 0.2) is 51.1 Å². The summed E-state index contributed by atoms with van der Waals surface area (Å²) in [5.41, 5.74) is 2.35. The molecule has 1 saturated carbocycles. The highest BCUT2D eigenvalue weighted by Gasteiger charge is 2.37. The lowest BCUT2D eigenvalue weighted by Gasteiger charge is -2.30. The Morgan fingerprint density at radius 1 is 1.19 bits per heavy atom. The zero-order chi connectivity index (χ0) is 25.8. The van der Waals surface area contributed by atoms with Crippen molar-refractivity contribution in [1.82, 2.24) is 15.5 Å². The summed E-state index contributed by atoms with van der Waals surface area (Å²) in [6.07, 6.45) is 3.80. The molecule has 1 unspecified atom stereocenters. The van der Waals surface area contributed by atoms with Crippen molar-refractivity contribution in [3.63, 3.8) is 0 Å². The Kier molecular flexibility index (Phi) is 7.97. The summed E-state index contributed by atoms with van der Waals surface area (Å²) in [7, 11) is 0. The molecule has 0 spiro atoms. The smallest absolute Gasteiger partial charge is 0.431 e. The molecule has 2 heterocycles. The van der Waals surface area contributed by atoms with E-state index in [4.69, 9.17) is 13.9 Å². The number of nitro benzene ring substituents is 1. The molecule has 10 nitrogen and oxygen atoms in total. The van der Waals surface area contributed by atoms with Crippen LogP contribution in [0.1, 0.15) is 77.2 Å². The Morgan fingerprint density at radius 3 is 2.64 bits per heavy atom. The van der Waals surface area contributed by atoms with Gasteiger partial charge in [-0.2, -0.15) is 0 Å². The summed E-state index contributed by atoms with van der Waals surface area (Å²) in [5, 5.41) is 23.8. The van der Waals surface area contributed by atoms with Gasteiger partial charge in [-0.3, -0.25) is 10.1 Å². The van der Waals surface area contributed by atoms with E-state index < -0.39 is 17.0 Å². The molecule has 1 fully saturated rings. The number of ether oxygens (including phenoxy) is 2. The first kappa shape index (κ1) is 25.7. The minimum atomic E-state index is -0.797. The van der Waals surface area contributed by atoms with E-state index in [0.29, 0.717) is 27.8 Å². The molecular weight excluding hydrogens is 484 g/mol. The van der Waals surface area contributed by atoms with Crippen molar-refractivity contribution in [2.45, 2.75) is 82.3 Å². The standard InChI is InChI=1S/C25H30N4O6S/c1-14(2)36-24-28-27-23(35-24)20-15(3)26-16(4)22(34-25(30)33-19-11-6-5-7-12-19)21(20)17-9-8-10-18(13-17)29(31)32/h8-10,13-14,19,21,26H,5-7,11-12H2,1-4H3.